The van der Waals surface area contributed by atoms with Crippen molar-refractivity contribution in [2.75, 3.05) is 18.4 Å². The molecule has 0 bridgehead atoms. The number of carbonyl (C=O) groups is 1. The van der Waals surface area contributed by atoms with Gasteiger partial charge in [-0.3, -0.25) is 4.79 Å². The molecule has 0 saturated carbocycles. The van der Waals surface area contributed by atoms with E-state index >= 15 is 0 Å². The first kappa shape index (κ1) is 13.6. The molecule has 0 spiro atoms. The fourth-order valence-electron chi connectivity index (χ4n) is 2.64. The maximum atomic E-state index is 13.7. The molecule has 1 heterocycles. The van der Waals surface area contributed by atoms with Gasteiger partial charge in [0.25, 0.3) is 5.91 Å². The van der Waals surface area contributed by atoms with Crippen molar-refractivity contribution in [3.05, 3.63) is 66.0 Å². The molecule has 1 N–H and O–H groups in total. The second-order valence-corrected chi connectivity index (χ2v) is 5.23. The van der Waals surface area contributed by atoms with Crippen molar-refractivity contribution in [3.63, 3.8) is 0 Å². The molecule has 4 heteroatoms. The Morgan fingerprint density at radius 3 is 2.57 bits per heavy atom. The van der Waals surface area contributed by atoms with Crippen LogP contribution in [0.4, 0.5) is 10.1 Å². The van der Waals surface area contributed by atoms with Crippen molar-refractivity contribution >= 4 is 11.6 Å². The summed E-state index contributed by atoms with van der Waals surface area (Å²) in [5, 5.41) is 3.40. The first-order valence-corrected chi connectivity index (χ1v) is 7.09. The van der Waals surface area contributed by atoms with Crippen LogP contribution in [-0.4, -0.2) is 29.9 Å². The number of nitrogens with one attached hydrogen (secondary N) is 1. The highest BCUT2D eigenvalue weighted by molar-refractivity contribution is 5.94. The second kappa shape index (κ2) is 5.95. The Labute approximate surface area is 123 Å². The van der Waals surface area contributed by atoms with E-state index in [0.717, 1.165) is 12.1 Å². The van der Waals surface area contributed by atoms with Gasteiger partial charge in [-0.1, -0.05) is 30.3 Å². The predicted octanol–water partition coefficient (Wildman–Crippen LogP) is 3.15. The quantitative estimate of drug-likeness (QED) is 0.939. The maximum Gasteiger partial charge on any atom is 0.256 e. The standard InChI is InChI=1S/C17H17FN2O/c18-16-9-5-4-8-15(16)17(21)20-11-10-14(12-20)19-13-6-2-1-3-7-13/h1-9,14,19H,10-12H2. The van der Waals surface area contributed by atoms with Gasteiger partial charge >= 0.3 is 0 Å². The van der Waals surface area contributed by atoms with Crippen molar-refractivity contribution < 1.29 is 9.18 Å². The Kier molecular flexibility index (Phi) is 3.86. The van der Waals surface area contributed by atoms with Gasteiger partial charge in [-0.2, -0.15) is 0 Å². The summed E-state index contributed by atoms with van der Waals surface area (Å²) in [4.78, 5) is 14.0. The summed E-state index contributed by atoms with van der Waals surface area (Å²) in [6, 6.07) is 16.3. The lowest BCUT2D eigenvalue weighted by Crippen LogP contribution is -2.32. The molecular formula is C17H17FN2O. The topological polar surface area (TPSA) is 32.3 Å². The zero-order valence-corrected chi connectivity index (χ0v) is 11.6. The first-order valence-electron chi connectivity index (χ1n) is 7.09. The average Bonchev–Trinajstić information content (AvgIpc) is 2.97. The monoisotopic (exact) mass is 284 g/mol. The van der Waals surface area contributed by atoms with E-state index in [4.69, 9.17) is 0 Å². The highest BCUT2D eigenvalue weighted by Crippen LogP contribution is 2.19. The SMILES string of the molecule is O=C(c1ccccc1F)N1CCC(Nc2ccccc2)C1. The lowest BCUT2D eigenvalue weighted by atomic mass is 10.2. The van der Waals surface area contributed by atoms with Crippen LogP contribution in [0.15, 0.2) is 54.6 Å². The zero-order chi connectivity index (χ0) is 14.7. The predicted molar refractivity (Wildman–Crippen MR) is 80.8 cm³/mol. The number of hydrogen-bond acceptors (Lipinski definition) is 2. The third kappa shape index (κ3) is 3.05. The molecule has 1 amide bonds. The van der Waals surface area contributed by atoms with Gasteiger partial charge in [-0.15, -0.1) is 0 Å². The van der Waals surface area contributed by atoms with E-state index in [2.05, 4.69) is 5.32 Å². The third-order valence-corrected chi connectivity index (χ3v) is 3.72. The Morgan fingerprint density at radius 1 is 1.10 bits per heavy atom. The number of amides is 1. The lowest BCUT2D eigenvalue weighted by Gasteiger charge is -2.18. The highest BCUT2D eigenvalue weighted by atomic mass is 19.1. The second-order valence-electron chi connectivity index (χ2n) is 5.23. The van der Waals surface area contributed by atoms with Crippen LogP contribution in [0.25, 0.3) is 0 Å². The number of rotatable bonds is 3. The molecule has 1 aliphatic rings. The number of nitrogens with zero attached hydrogens (tertiary/aromatic N) is 1. The maximum absolute atomic E-state index is 13.7. The van der Waals surface area contributed by atoms with Gasteiger partial charge in [-0.05, 0) is 30.7 Å². The molecule has 2 aromatic rings. The number of benzene rings is 2. The minimum Gasteiger partial charge on any atom is -0.380 e. The summed E-state index contributed by atoms with van der Waals surface area (Å²) in [6.45, 7) is 1.25. The molecule has 1 atom stereocenters. The molecule has 1 saturated heterocycles. The average molecular weight is 284 g/mol. The fraction of sp³-hybridized carbons (Fsp3) is 0.235. The summed E-state index contributed by atoms with van der Waals surface area (Å²) in [5.41, 5.74) is 1.19. The van der Waals surface area contributed by atoms with Crippen molar-refractivity contribution in [3.8, 4) is 0 Å². The van der Waals surface area contributed by atoms with Crippen molar-refractivity contribution in [1.29, 1.82) is 0 Å². The van der Waals surface area contributed by atoms with E-state index in [1.807, 2.05) is 30.3 Å². The van der Waals surface area contributed by atoms with Gasteiger partial charge in [0.05, 0.1) is 5.56 Å². The van der Waals surface area contributed by atoms with Gasteiger partial charge in [0.15, 0.2) is 0 Å². The van der Waals surface area contributed by atoms with Crippen LogP contribution in [0, 0.1) is 5.82 Å². The van der Waals surface area contributed by atoms with E-state index in [0.29, 0.717) is 13.1 Å². The Bertz CT molecular complexity index is 630. The van der Waals surface area contributed by atoms with E-state index in [9.17, 15) is 9.18 Å². The molecule has 3 nitrogen and oxygen atoms in total. The van der Waals surface area contributed by atoms with E-state index < -0.39 is 5.82 Å². The fourth-order valence-corrected chi connectivity index (χ4v) is 2.64. The Morgan fingerprint density at radius 2 is 1.81 bits per heavy atom. The number of anilines is 1. The molecule has 3 rings (SSSR count). The highest BCUT2D eigenvalue weighted by Gasteiger charge is 2.28. The van der Waals surface area contributed by atoms with Crippen LogP contribution in [0.1, 0.15) is 16.8 Å². The van der Waals surface area contributed by atoms with E-state index in [-0.39, 0.29) is 17.5 Å². The minimum atomic E-state index is -0.457. The van der Waals surface area contributed by atoms with Gasteiger partial charge in [-0.25, -0.2) is 4.39 Å². The minimum absolute atomic E-state index is 0.151. The molecule has 1 aliphatic heterocycles. The molecule has 0 radical (unpaired) electrons. The zero-order valence-electron chi connectivity index (χ0n) is 11.6. The van der Waals surface area contributed by atoms with Crippen LogP contribution < -0.4 is 5.32 Å². The van der Waals surface area contributed by atoms with Gasteiger partial charge in [0.1, 0.15) is 5.82 Å². The molecule has 108 valence electrons. The van der Waals surface area contributed by atoms with Crippen molar-refractivity contribution in [2.24, 2.45) is 0 Å². The van der Waals surface area contributed by atoms with Crippen LogP contribution in [0.5, 0.6) is 0 Å². The molecular weight excluding hydrogens is 267 g/mol. The summed E-state index contributed by atoms with van der Waals surface area (Å²) in [5.74, 6) is -0.688. The van der Waals surface area contributed by atoms with Crippen LogP contribution in [0.2, 0.25) is 0 Å². The number of halogens is 1. The third-order valence-electron chi connectivity index (χ3n) is 3.72. The molecule has 0 aliphatic carbocycles. The molecule has 2 aromatic carbocycles. The van der Waals surface area contributed by atoms with Crippen LogP contribution in [-0.2, 0) is 0 Å². The van der Waals surface area contributed by atoms with Gasteiger partial charge in [0, 0.05) is 24.8 Å². The summed E-state index contributed by atoms with van der Waals surface area (Å²) in [7, 11) is 0. The molecule has 1 unspecified atom stereocenters. The number of carbonyl (C=O) groups excluding carboxylic acids is 1. The van der Waals surface area contributed by atoms with Crippen molar-refractivity contribution in [2.45, 2.75) is 12.5 Å². The number of likely N-dealkylation sites (tertiary alicyclic amines) is 1. The molecule has 1 fully saturated rings. The lowest BCUT2D eigenvalue weighted by molar-refractivity contribution is 0.0787. The number of para-hydroxylation sites is 1. The van der Waals surface area contributed by atoms with E-state index in [1.54, 1.807) is 17.0 Å². The smallest absolute Gasteiger partial charge is 0.256 e. The van der Waals surface area contributed by atoms with Gasteiger partial charge < -0.3 is 10.2 Å². The molecule has 0 aromatic heterocycles. The molecule has 21 heavy (non-hydrogen) atoms. The first-order chi connectivity index (χ1) is 10.2. The summed E-state index contributed by atoms with van der Waals surface area (Å²) < 4.78 is 13.7. The largest absolute Gasteiger partial charge is 0.380 e. The summed E-state index contributed by atoms with van der Waals surface area (Å²) in [6.07, 6.45) is 0.870. The number of hydrogen-bond donors (Lipinski definition) is 1. The Balaban J connectivity index is 1.65. The summed E-state index contributed by atoms with van der Waals surface area (Å²) >= 11 is 0. The normalized spacial score (nSPS) is 17.8. The van der Waals surface area contributed by atoms with Crippen LogP contribution in [0.3, 0.4) is 0 Å². The van der Waals surface area contributed by atoms with Crippen LogP contribution >= 0.6 is 0 Å². The Hall–Kier alpha value is -2.36. The van der Waals surface area contributed by atoms with E-state index in [1.165, 1.54) is 12.1 Å². The van der Waals surface area contributed by atoms with Crippen molar-refractivity contribution in [1.82, 2.24) is 4.90 Å². The van der Waals surface area contributed by atoms with Gasteiger partial charge in [0.2, 0.25) is 0 Å².